The SMILES string of the molecule is O=C(CSc1nnnn1-c1ccccc1)Nc1ccc(S(=O)(=O)Nc2ccc(Cl)nn2)cc1. The van der Waals surface area contributed by atoms with E-state index < -0.39 is 10.0 Å². The van der Waals surface area contributed by atoms with Crippen LogP contribution in [0.1, 0.15) is 0 Å². The topological polar surface area (TPSA) is 145 Å². The van der Waals surface area contributed by atoms with E-state index in [1.807, 2.05) is 30.3 Å². The van der Waals surface area contributed by atoms with Gasteiger partial charge in [-0.15, -0.1) is 15.3 Å². The smallest absolute Gasteiger partial charge is 0.263 e. The van der Waals surface area contributed by atoms with E-state index in [0.717, 1.165) is 5.69 Å². The third-order valence-electron chi connectivity index (χ3n) is 4.09. The molecule has 0 unspecified atom stereocenters. The van der Waals surface area contributed by atoms with E-state index in [1.54, 1.807) is 0 Å². The van der Waals surface area contributed by atoms with Crippen LogP contribution in [-0.2, 0) is 14.8 Å². The minimum absolute atomic E-state index is 0.00587. The van der Waals surface area contributed by atoms with E-state index in [-0.39, 0.29) is 27.5 Å². The average molecular weight is 503 g/mol. The fraction of sp³-hybridized carbons (Fsp3) is 0.0526. The Morgan fingerprint density at radius 3 is 2.42 bits per heavy atom. The number of amides is 1. The van der Waals surface area contributed by atoms with Crippen LogP contribution >= 0.6 is 23.4 Å². The first-order valence-electron chi connectivity index (χ1n) is 9.29. The van der Waals surface area contributed by atoms with E-state index in [0.29, 0.717) is 10.8 Å². The van der Waals surface area contributed by atoms with Crippen LogP contribution in [0.3, 0.4) is 0 Å². The summed E-state index contributed by atoms with van der Waals surface area (Å²) in [5, 5.41) is 22.1. The van der Waals surface area contributed by atoms with Gasteiger partial charge in [0.2, 0.25) is 11.1 Å². The highest BCUT2D eigenvalue weighted by atomic mass is 35.5. The van der Waals surface area contributed by atoms with Crippen molar-refractivity contribution in [3.8, 4) is 5.69 Å². The van der Waals surface area contributed by atoms with Crippen LogP contribution in [-0.4, -0.2) is 50.5 Å². The predicted molar refractivity (Wildman–Crippen MR) is 123 cm³/mol. The molecule has 4 aromatic rings. The molecule has 0 saturated carbocycles. The Kier molecular flexibility index (Phi) is 6.82. The lowest BCUT2D eigenvalue weighted by Crippen LogP contribution is -2.16. The van der Waals surface area contributed by atoms with Crippen LogP contribution in [0.2, 0.25) is 5.15 Å². The molecule has 2 aromatic carbocycles. The molecular formula is C19H15ClN8O3S2. The monoisotopic (exact) mass is 502 g/mol. The summed E-state index contributed by atoms with van der Waals surface area (Å²) in [6.07, 6.45) is 0. The highest BCUT2D eigenvalue weighted by Crippen LogP contribution is 2.20. The number of tetrazole rings is 1. The van der Waals surface area contributed by atoms with Crippen LogP contribution in [0.4, 0.5) is 11.5 Å². The van der Waals surface area contributed by atoms with Crippen molar-refractivity contribution in [2.24, 2.45) is 0 Å². The van der Waals surface area contributed by atoms with Crippen molar-refractivity contribution in [2.75, 3.05) is 15.8 Å². The van der Waals surface area contributed by atoms with Gasteiger partial charge in [0, 0.05) is 5.69 Å². The molecule has 0 atom stereocenters. The van der Waals surface area contributed by atoms with Gasteiger partial charge >= 0.3 is 0 Å². The Balaban J connectivity index is 1.35. The molecule has 0 aliphatic carbocycles. The number of hydrogen-bond acceptors (Lipinski definition) is 9. The molecule has 168 valence electrons. The number of thioether (sulfide) groups is 1. The summed E-state index contributed by atoms with van der Waals surface area (Å²) in [6.45, 7) is 0. The number of carbonyl (C=O) groups is 1. The Morgan fingerprint density at radius 2 is 1.73 bits per heavy atom. The summed E-state index contributed by atoms with van der Waals surface area (Å²) in [5.74, 6) is -0.205. The van der Waals surface area contributed by atoms with Gasteiger partial charge in [-0.25, -0.2) is 8.42 Å². The van der Waals surface area contributed by atoms with Crippen molar-refractivity contribution < 1.29 is 13.2 Å². The Bertz CT molecular complexity index is 1350. The largest absolute Gasteiger partial charge is 0.325 e. The number of halogens is 1. The maximum absolute atomic E-state index is 12.5. The fourth-order valence-corrected chi connectivity index (χ4v) is 4.40. The number of carbonyl (C=O) groups excluding carboxylic acids is 1. The second-order valence-corrected chi connectivity index (χ2v) is 9.43. The lowest BCUT2D eigenvalue weighted by molar-refractivity contribution is -0.113. The maximum Gasteiger partial charge on any atom is 0.263 e. The molecule has 14 heteroatoms. The Labute approximate surface area is 197 Å². The van der Waals surface area contributed by atoms with Gasteiger partial charge < -0.3 is 5.32 Å². The zero-order valence-corrected chi connectivity index (χ0v) is 19.0. The minimum atomic E-state index is -3.88. The van der Waals surface area contributed by atoms with Crippen LogP contribution in [0.15, 0.2) is 76.8 Å². The number of nitrogens with zero attached hydrogens (tertiary/aromatic N) is 6. The summed E-state index contributed by atoms with van der Waals surface area (Å²) in [4.78, 5) is 12.3. The molecule has 33 heavy (non-hydrogen) atoms. The van der Waals surface area contributed by atoms with Gasteiger partial charge in [-0.2, -0.15) is 4.68 Å². The van der Waals surface area contributed by atoms with Gasteiger partial charge in [-0.1, -0.05) is 41.6 Å². The van der Waals surface area contributed by atoms with Gasteiger partial charge in [-0.3, -0.25) is 9.52 Å². The van der Waals surface area contributed by atoms with E-state index in [2.05, 4.69) is 35.8 Å². The number of rotatable bonds is 8. The van der Waals surface area contributed by atoms with Crippen molar-refractivity contribution in [1.29, 1.82) is 0 Å². The molecule has 4 rings (SSSR count). The number of benzene rings is 2. The van der Waals surface area contributed by atoms with Crippen molar-refractivity contribution in [1.82, 2.24) is 30.4 Å². The van der Waals surface area contributed by atoms with Crippen LogP contribution in [0, 0.1) is 0 Å². The predicted octanol–water partition coefficient (Wildman–Crippen LogP) is 2.64. The molecule has 1 amide bonds. The number of hydrogen-bond donors (Lipinski definition) is 2. The standard InChI is InChI=1S/C19H15ClN8O3S2/c20-16-10-11-17(23-22-16)25-33(30,31)15-8-6-13(7-9-15)21-18(29)12-32-19-24-26-27-28(19)14-4-2-1-3-5-14/h1-11H,12H2,(H,21,29)(H,23,25). The molecule has 2 heterocycles. The van der Waals surface area contributed by atoms with Crippen molar-refractivity contribution in [3.63, 3.8) is 0 Å². The zero-order chi connectivity index (χ0) is 23.3. The highest BCUT2D eigenvalue weighted by Gasteiger charge is 2.16. The molecular weight excluding hydrogens is 488 g/mol. The molecule has 0 aliphatic heterocycles. The van der Waals surface area contributed by atoms with Gasteiger partial charge in [0.05, 0.1) is 16.3 Å². The number of nitrogens with one attached hydrogen (secondary N) is 2. The molecule has 2 N–H and O–H groups in total. The third-order valence-corrected chi connectivity index (χ3v) is 6.58. The quantitative estimate of drug-likeness (QED) is 0.347. The summed E-state index contributed by atoms with van der Waals surface area (Å²) in [7, 11) is -3.88. The number of aromatic nitrogens is 6. The third kappa shape index (κ3) is 5.83. The average Bonchev–Trinajstić information content (AvgIpc) is 3.29. The normalized spacial score (nSPS) is 11.2. The van der Waals surface area contributed by atoms with E-state index in [9.17, 15) is 13.2 Å². The first kappa shape index (κ1) is 22.6. The van der Waals surface area contributed by atoms with Crippen LogP contribution in [0.5, 0.6) is 0 Å². The lowest BCUT2D eigenvalue weighted by atomic mass is 10.3. The van der Waals surface area contributed by atoms with Crippen molar-refractivity contribution in [2.45, 2.75) is 10.1 Å². The van der Waals surface area contributed by atoms with Crippen LogP contribution < -0.4 is 10.0 Å². The Morgan fingerprint density at radius 1 is 0.970 bits per heavy atom. The van der Waals surface area contributed by atoms with Gasteiger partial charge in [0.15, 0.2) is 11.0 Å². The second kappa shape index (κ2) is 9.94. The summed E-state index contributed by atoms with van der Waals surface area (Å²) >= 11 is 6.82. The van der Waals surface area contributed by atoms with E-state index in [4.69, 9.17) is 11.6 Å². The summed E-state index contributed by atoms with van der Waals surface area (Å²) in [6, 6.07) is 17.8. The molecule has 11 nitrogen and oxygen atoms in total. The summed E-state index contributed by atoms with van der Waals surface area (Å²) in [5.41, 5.74) is 1.22. The minimum Gasteiger partial charge on any atom is -0.325 e. The molecule has 0 radical (unpaired) electrons. The zero-order valence-electron chi connectivity index (χ0n) is 16.7. The second-order valence-electron chi connectivity index (χ2n) is 6.42. The van der Waals surface area contributed by atoms with Gasteiger partial charge in [0.1, 0.15) is 0 Å². The molecule has 0 spiro atoms. The van der Waals surface area contributed by atoms with Gasteiger partial charge in [-0.05, 0) is 59.0 Å². The molecule has 0 bridgehead atoms. The number of para-hydroxylation sites is 1. The molecule has 0 saturated heterocycles. The Hall–Kier alpha value is -3.55. The highest BCUT2D eigenvalue weighted by molar-refractivity contribution is 7.99. The fourth-order valence-electron chi connectivity index (χ4n) is 2.61. The number of anilines is 2. The van der Waals surface area contributed by atoms with E-state index in [1.165, 1.54) is 52.8 Å². The maximum atomic E-state index is 12.5. The summed E-state index contributed by atoms with van der Waals surface area (Å²) < 4.78 is 28.8. The van der Waals surface area contributed by atoms with Gasteiger partial charge in [0.25, 0.3) is 10.0 Å². The molecule has 2 aromatic heterocycles. The van der Waals surface area contributed by atoms with Crippen molar-refractivity contribution in [3.05, 3.63) is 71.9 Å². The first-order valence-corrected chi connectivity index (χ1v) is 12.1. The van der Waals surface area contributed by atoms with E-state index >= 15 is 0 Å². The van der Waals surface area contributed by atoms with Crippen molar-refractivity contribution >= 4 is 50.8 Å². The number of sulfonamides is 1. The first-order chi connectivity index (χ1) is 15.9. The lowest BCUT2D eigenvalue weighted by Gasteiger charge is -2.09. The molecule has 0 aliphatic rings. The van der Waals surface area contributed by atoms with Crippen LogP contribution in [0.25, 0.3) is 5.69 Å². The molecule has 0 fully saturated rings.